The Labute approximate surface area is 154 Å². The molecule has 1 aromatic rings. The van der Waals surface area contributed by atoms with Crippen LogP contribution in [-0.2, 0) is 11.8 Å². The van der Waals surface area contributed by atoms with Crippen LogP contribution in [0, 0.1) is 16.7 Å². The summed E-state index contributed by atoms with van der Waals surface area (Å²) in [6, 6.07) is 2.81. The Morgan fingerprint density at radius 1 is 1.23 bits per heavy atom. The Balaban J connectivity index is 1.33. The zero-order chi connectivity index (χ0) is 18.6. The summed E-state index contributed by atoms with van der Waals surface area (Å²) in [5, 5.41) is 6.83. The normalized spacial score (nSPS) is 37.7. The molecule has 4 saturated carbocycles. The highest BCUT2D eigenvalue weighted by atomic mass is 16.5. The van der Waals surface area contributed by atoms with Gasteiger partial charge in [0.25, 0.3) is 11.5 Å². The zero-order valence-corrected chi connectivity index (χ0v) is 16.0. The molecule has 4 aliphatic carbocycles. The van der Waals surface area contributed by atoms with Crippen LogP contribution >= 0.6 is 0 Å². The third-order valence-corrected chi connectivity index (χ3v) is 6.56. The Bertz CT molecular complexity index is 769. The second-order valence-corrected chi connectivity index (χ2v) is 9.60. The first-order valence-electron chi connectivity index (χ1n) is 9.67. The Morgan fingerprint density at radius 3 is 2.54 bits per heavy atom. The van der Waals surface area contributed by atoms with Gasteiger partial charge in [0.1, 0.15) is 5.69 Å². The molecular weight excluding hydrogens is 330 g/mol. The molecule has 4 bridgehead atoms. The van der Waals surface area contributed by atoms with Crippen molar-refractivity contribution in [2.75, 3.05) is 13.2 Å². The van der Waals surface area contributed by atoms with Gasteiger partial charge in [0.15, 0.2) is 0 Å². The molecule has 0 radical (unpaired) electrons. The van der Waals surface area contributed by atoms with E-state index in [0.29, 0.717) is 24.0 Å². The van der Waals surface area contributed by atoms with Crippen molar-refractivity contribution in [2.24, 2.45) is 23.8 Å². The maximum absolute atomic E-state index is 12.2. The number of ether oxygens (including phenoxy) is 1. The van der Waals surface area contributed by atoms with E-state index >= 15 is 0 Å². The predicted molar refractivity (Wildman–Crippen MR) is 97.9 cm³/mol. The van der Waals surface area contributed by atoms with Gasteiger partial charge < -0.3 is 10.1 Å². The van der Waals surface area contributed by atoms with Gasteiger partial charge in [0.2, 0.25) is 0 Å². The number of carbonyl (C=O) groups excluding carboxylic acids is 1. The molecule has 4 aliphatic rings. The Hall–Kier alpha value is -1.69. The fraction of sp³-hybridized carbons (Fsp3) is 0.750. The van der Waals surface area contributed by atoms with E-state index in [0.717, 1.165) is 18.8 Å². The molecule has 0 spiro atoms. The SMILES string of the molecule is Cn1nc(C(=O)NCCOC23CC4C[C@@](C)(C2)C[C@](C)(C4)C3)ccc1=O. The van der Waals surface area contributed by atoms with Gasteiger partial charge in [0, 0.05) is 19.7 Å². The van der Waals surface area contributed by atoms with Gasteiger partial charge in [-0.15, -0.1) is 0 Å². The molecule has 6 nitrogen and oxygen atoms in total. The van der Waals surface area contributed by atoms with Crippen molar-refractivity contribution in [3.63, 3.8) is 0 Å². The molecule has 0 aromatic carbocycles. The van der Waals surface area contributed by atoms with Crippen molar-refractivity contribution >= 4 is 5.91 Å². The monoisotopic (exact) mass is 359 g/mol. The van der Waals surface area contributed by atoms with Crippen molar-refractivity contribution in [1.82, 2.24) is 15.1 Å². The van der Waals surface area contributed by atoms with Crippen LogP contribution in [0.2, 0.25) is 0 Å². The van der Waals surface area contributed by atoms with Gasteiger partial charge in [-0.2, -0.15) is 5.10 Å². The van der Waals surface area contributed by atoms with Gasteiger partial charge in [-0.25, -0.2) is 4.68 Å². The van der Waals surface area contributed by atoms with Crippen molar-refractivity contribution in [3.05, 3.63) is 28.2 Å². The fourth-order valence-corrected chi connectivity index (χ4v) is 6.65. The minimum atomic E-state index is -0.270. The summed E-state index contributed by atoms with van der Waals surface area (Å²) in [5.74, 6) is 0.527. The number of rotatable bonds is 5. The van der Waals surface area contributed by atoms with Gasteiger partial charge >= 0.3 is 0 Å². The van der Waals surface area contributed by atoms with E-state index in [1.54, 1.807) is 0 Å². The summed E-state index contributed by atoms with van der Waals surface area (Å²) in [4.78, 5) is 23.5. The number of amides is 1. The molecule has 2 unspecified atom stereocenters. The molecule has 1 aromatic heterocycles. The summed E-state index contributed by atoms with van der Waals surface area (Å²) in [6.07, 6.45) is 7.52. The lowest BCUT2D eigenvalue weighted by Gasteiger charge is -2.65. The molecule has 1 amide bonds. The van der Waals surface area contributed by atoms with Crippen LogP contribution in [-0.4, -0.2) is 34.4 Å². The summed E-state index contributed by atoms with van der Waals surface area (Å²) < 4.78 is 7.58. The maximum atomic E-state index is 12.2. The van der Waals surface area contributed by atoms with Crippen LogP contribution in [0.4, 0.5) is 0 Å². The Morgan fingerprint density at radius 2 is 1.92 bits per heavy atom. The minimum Gasteiger partial charge on any atom is -0.373 e. The fourth-order valence-electron chi connectivity index (χ4n) is 6.65. The average molecular weight is 359 g/mol. The topological polar surface area (TPSA) is 73.2 Å². The molecule has 6 heteroatoms. The third-order valence-electron chi connectivity index (χ3n) is 6.56. The largest absolute Gasteiger partial charge is 0.373 e. The molecule has 4 atom stereocenters. The van der Waals surface area contributed by atoms with Crippen LogP contribution in [0.5, 0.6) is 0 Å². The minimum absolute atomic E-state index is 0.00252. The van der Waals surface area contributed by atoms with E-state index in [1.807, 2.05) is 0 Å². The summed E-state index contributed by atoms with van der Waals surface area (Å²) in [7, 11) is 1.54. The van der Waals surface area contributed by atoms with E-state index < -0.39 is 0 Å². The molecule has 5 rings (SSSR count). The molecule has 0 saturated heterocycles. The van der Waals surface area contributed by atoms with Gasteiger partial charge in [-0.1, -0.05) is 13.8 Å². The van der Waals surface area contributed by atoms with Crippen LogP contribution in [0.3, 0.4) is 0 Å². The number of nitrogens with zero attached hydrogens (tertiary/aromatic N) is 2. The molecule has 0 aliphatic heterocycles. The van der Waals surface area contributed by atoms with Crippen molar-refractivity contribution in [1.29, 1.82) is 0 Å². The lowest BCUT2D eigenvalue weighted by molar-refractivity contribution is -0.213. The van der Waals surface area contributed by atoms with E-state index in [1.165, 1.54) is 49.5 Å². The van der Waals surface area contributed by atoms with Crippen molar-refractivity contribution < 1.29 is 9.53 Å². The van der Waals surface area contributed by atoms with Crippen molar-refractivity contribution in [2.45, 2.75) is 58.0 Å². The summed E-state index contributed by atoms with van der Waals surface area (Å²) >= 11 is 0. The van der Waals surface area contributed by atoms with Gasteiger partial charge in [0.05, 0.1) is 12.2 Å². The lowest BCUT2D eigenvalue weighted by Crippen LogP contribution is -2.59. The second-order valence-electron chi connectivity index (χ2n) is 9.60. The molecule has 26 heavy (non-hydrogen) atoms. The highest BCUT2D eigenvalue weighted by Crippen LogP contribution is 2.67. The average Bonchev–Trinajstić information content (AvgIpc) is 2.50. The van der Waals surface area contributed by atoms with Crippen LogP contribution in [0.1, 0.15) is 62.9 Å². The Kier molecular flexibility index (Phi) is 4.03. The third kappa shape index (κ3) is 3.20. The first kappa shape index (κ1) is 17.7. The first-order chi connectivity index (χ1) is 12.2. The molecule has 142 valence electrons. The maximum Gasteiger partial charge on any atom is 0.271 e. The zero-order valence-electron chi connectivity index (χ0n) is 16.0. The van der Waals surface area contributed by atoms with Crippen LogP contribution in [0.25, 0.3) is 0 Å². The molecule has 1 N–H and O–H groups in total. The number of nitrogens with one attached hydrogen (secondary N) is 1. The second kappa shape index (κ2) is 5.91. The lowest BCUT2D eigenvalue weighted by atomic mass is 9.43. The summed E-state index contributed by atoms with van der Waals surface area (Å²) in [5.41, 5.74) is 0.880. The summed E-state index contributed by atoms with van der Waals surface area (Å²) in [6.45, 7) is 5.85. The van der Waals surface area contributed by atoms with E-state index in [-0.39, 0.29) is 22.8 Å². The predicted octanol–water partition coefficient (Wildman–Crippen LogP) is 2.28. The van der Waals surface area contributed by atoms with Crippen LogP contribution in [0.15, 0.2) is 16.9 Å². The highest BCUT2D eigenvalue weighted by Gasteiger charge is 2.60. The van der Waals surface area contributed by atoms with E-state index in [4.69, 9.17) is 4.74 Å². The first-order valence-corrected chi connectivity index (χ1v) is 9.67. The molecule has 4 fully saturated rings. The van der Waals surface area contributed by atoms with E-state index in [9.17, 15) is 9.59 Å². The number of aryl methyl sites for hydroxylation is 1. The smallest absolute Gasteiger partial charge is 0.271 e. The standard InChI is InChI=1S/C20H29N3O3/c1-18-8-14-9-19(2,11-18)13-20(10-14,12-18)26-7-6-21-17(25)15-4-5-16(24)23(3)22-15/h4-5,14H,6-13H2,1-3H3,(H,21,25)/t14?,18-,19+,20?. The number of hydrogen-bond donors (Lipinski definition) is 1. The van der Waals surface area contributed by atoms with Gasteiger partial charge in [-0.3, -0.25) is 9.59 Å². The number of aromatic nitrogens is 2. The quantitative estimate of drug-likeness (QED) is 0.819. The molecule has 1 heterocycles. The van der Waals surface area contributed by atoms with Gasteiger partial charge in [-0.05, 0) is 61.3 Å². The van der Waals surface area contributed by atoms with E-state index in [2.05, 4.69) is 24.3 Å². The highest BCUT2D eigenvalue weighted by molar-refractivity contribution is 5.91. The number of hydrogen-bond acceptors (Lipinski definition) is 4. The number of carbonyl (C=O) groups is 1. The van der Waals surface area contributed by atoms with Crippen molar-refractivity contribution in [3.8, 4) is 0 Å². The molecular formula is C20H29N3O3. The van der Waals surface area contributed by atoms with Crippen LogP contribution < -0.4 is 10.9 Å².